The van der Waals surface area contributed by atoms with Gasteiger partial charge < -0.3 is 10.6 Å². The van der Waals surface area contributed by atoms with Gasteiger partial charge in [0.1, 0.15) is 0 Å². The number of nitrogens with one attached hydrogen (secondary N) is 2. The lowest BCUT2D eigenvalue weighted by Gasteiger charge is -2.19. The molecule has 0 atom stereocenters. The van der Waals surface area contributed by atoms with E-state index in [0.29, 0.717) is 11.3 Å². The molecule has 2 amide bonds. The molecule has 0 spiro atoms. The first-order chi connectivity index (χ1) is 19.8. The molecule has 4 aromatic rings. The number of anilines is 1. The summed E-state index contributed by atoms with van der Waals surface area (Å²) in [6, 6.07) is 9.10. The minimum absolute atomic E-state index is 0.00690. The van der Waals surface area contributed by atoms with Crippen LogP contribution in [0.2, 0.25) is 10.0 Å². The Labute approximate surface area is 251 Å². The number of tetrazole rings is 1. The van der Waals surface area contributed by atoms with Gasteiger partial charge in [-0.15, -0.1) is 5.10 Å². The summed E-state index contributed by atoms with van der Waals surface area (Å²) in [5.41, 5.74) is -1.09. The Kier molecular flexibility index (Phi) is 9.35. The van der Waals surface area contributed by atoms with Crippen LogP contribution in [0.25, 0.3) is 5.69 Å². The number of thioether (sulfide) groups is 1. The smallest absolute Gasteiger partial charge is 0.334 e. The van der Waals surface area contributed by atoms with Crippen molar-refractivity contribution in [1.29, 1.82) is 0 Å². The first-order valence-corrected chi connectivity index (χ1v) is 13.6. The Morgan fingerprint density at radius 1 is 1.05 bits per heavy atom. The maximum atomic E-state index is 13.2. The summed E-state index contributed by atoms with van der Waals surface area (Å²) in [7, 11) is 0. The van der Waals surface area contributed by atoms with Crippen molar-refractivity contribution in [2.45, 2.75) is 30.7 Å². The van der Waals surface area contributed by atoms with Gasteiger partial charge in [0.05, 0.1) is 38.3 Å². The van der Waals surface area contributed by atoms with Crippen molar-refractivity contribution in [2.24, 2.45) is 0 Å². The molecule has 0 bridgehead atoms. The highest BCUT2D eigenvalue weighted by atomic mass is 35.5. The summed E-state index contributed by atoms with van der Waals surface area (Å²) in [6.07, 6.45) is -1.67. The highest BCUT2D eigenvalue weighted by Gasteiger charge is 2.31. The molecule has 216 valence electrons. The number of carbonyl (C=O) groups excluding carboxylic acids is 2. The first kappa shape index (κ1) is 30.8. The van der Waals surface area contributed by atoms with Crippen LogP contribution < -0.4 is 10.6 Å². The van der Waals surface area contributed by atoms with Crippen molar-refractivity contribution < 1.29 is 22.8 Å². The lowest BCUT2D eigenvalue weighted by atomic mass is 10.1. The first-order valence-electron chi connectivity index (χ1n) is 11.8. The zero-order valence-electron chi connectivity index (χ0n) is 21.7. The van der Waals surface area contributed by atoms with Gasteiger partial charge in [-0.25, -0.2) is 9.97 Å². The second-order valence-electron chi connectivity index (χ2n) is 8.97. The Bertz CT molecular complexity index is 1690. The fourth-order valence-corrected chi connectivity index (χ4v) is 4.41. The summed E-state index contributed by atoms with van der Waals surface area (Å²) in [4.78, 5) is 32.7. The summed E-state index contributed by atoms with van der Waals surface area (Å²) in [5.74, 6) is 4.77. The van der Waals surface area contributed by atoms with Gasteiger partial charge in [-0.1, -0.05) is 46.8 Å². The highest BCUT2D eigenvalue weighted by Crippen LogP contribution is 2.34. The monoisotopic (exact) mass is 634 g/mol. The summed E-state index contributed by atoms with van der Waals surface area (Å²) in [5, 5.41) is 16.6. The van der Waals surface area contributed by atoms with Gasteiger partial charge >= 0.3 is 6.18 Å². The van der Waals surface area contributed by atoms with Crippen LogP contribution in [0.1, 0.15) is 35.6 Å². The molecule has 2 aromatic carbocycles. The average molecular weight is 635 g/mol. The van der Waals surface area contributed by atoms with E-state index >= 15 is 0 Å². The third-order valence-electron chi connectivity index (χ3n) is 5.23. The number of hydrogen-bond acceptors (Lipinski definition) is 8. The molecule has 0 fully saturated rings. The van der Waals surface area contributed by atoms with Gasteiger partial charge in [-0.3, -0.25) is 9.59 Å². The maximum absolute atomic E-state index is 13.2. The van der Waals surface area contributed by atoms with Crippen LogP contribution in [0.15, 0.2) is 60.0 Å². The van der Waals surface area contributed by atoms with Crippen LogP contribution in [0.3, 0.4) is 0 Å². The molecule has 2 heterocycles. The zero-order chi connectivity index (χ0) is 30.5. The van der Waals surface area contributed by atoms with Gasteiger partial charge in [0.25, 0.3) is 5.91 Å². The number of carbonyl (C=O) groups is 2. The van der Waals surface area contributed by atoms with Crippen molar-refractivity contribution >= 4 is 52.5 Å². The van der Waals surface area contributed by atoms with Crippen molar-refractivity contribution in [1.82, 2.24) is 35.5 Å². The molecule has 10 nitrogen and oxygen atoms in total. The van der Waals surface area contributed by atoms with Crippen molar-refractivity contribution in [3.63, 3.8) is 0 Å². The van der Waals surface area contributed by atoms with E-state index in [1.54, 1.807) is 38.1 Å². The van der Waals surface area contributed by atoms with Gasteiger partial charge in [-0.2, -0.15) is 17.9 Å². The van der Waals surface area contributed by atoms with Crippen molar-refractivity contribution in [3.8, 4) is 17.5 Å². The molecule has 2 N–H and O–H groups in total. The minimum Gasteiger partial charge on any atom is -0.334 e. The van der Waals surface area contributed by atoms with E-state index in [4.69, 9.17) is 23.2 Å². The fraction of sp³-hybridized carbons (Fsp3) is 0.192. The second-order valence-corrected chi connectivity index (χ2v) is 10.7. The van der Waals surface area contributed by atoms with Crippen LogP contribution in [-0.4, -0.2) is 53.3 Å². The minimum atomic E-state index is -4.59. The van der Waals surface area contributed by atoms with Crippen LogP contribution >= 0.6 is 35.0 Å². The SMILES string of the molecule is CC(C)(C#Cc1ccc(NC(=O)CSc2nnnn2-c2cc(C(F)(F)F)ccc2Cl)c(Cl)c1)NC(=O)c1ncccn1. The Balaban J connectivity index is 1.38. The topological polar surface area (TPSA) is 128 Å². The second kappa shape index (κ2) is 12.8. The number of alkyl halides is 3. The van der Waals surface area contributed by atoms with Crippen LogP contribution in [-0.2, 0) is 11.0 Å². The molecule has 16 heteroatoms. The van der Waals surface area contributed by atoms with E-state index in [0.717, 1.165) is 34.6 Å². The largest absolute Gasteiger partial charge is 0.416 e. The maximum Gasteiger partial charge on any atom is 0.416 e. The number of aromatic nitrogens is 6. The van der Waals surface area contributed by atoms with Gasteiger partial charge in [0.15, 0.2) is 0 Å². The van der Waals surface area contributed by atoms with Gasteiger partial charge in [0, 0.05) is 18.0 Å². The molecule has 2 aromatic heterocycles. The molecule has 4 rings (SSSR count). The standard InChI is InChI=1S/C26H19Cl2F3N8O2S/c1-25(2,35-23(41)22-32-10-3-11-33-22)9-8-15-4-7-19(18(28)12-15)34-21(40)14-42-24-36-37-38-39(24)20-13-16(26(29,30)31)5-6-17(20)27/h3-7,10-13H,14H2,1-2H3,(H,34,40)(H,35,41). The number of hydrogen-bond donors (Lipinski definition) is 2. The molecule has 0 aliphatic heterocycles. The van der Waals surface area contributed by atoms with Gasteiger partial charge in [-0.05, 0) is 66.7 Å². The van der Waals surface area contributed by atoms with E-state index < -0.39 is 29.1 Å². The third kappa shape index (κ3) is 7.96. The summed E-state index contributed by atoms with van der Waals surface area (Å²) < 4.78 is 40.5. The number of rotatable bonds is 7. The lowest BCUT2D eigenvalue weighted by Crippen LogP contribution is -2.42. The van der Waals surface area contributed by atoms with Crippen molar-refractivity contribution in [2.75, 3.05) is 11.1 Å². The highest BCUT2D eigenvalue weighted by molar-refractivity contribution is 7.99. The van der Waals surface area contributed by atoms with Gasteiger partial charge in [0.2, 0.25) is 16.9 Å². The summed E-state index contributed by atoms with van der Waals surface area (Å²) >= 11 is 13.3. The molecular formula is C26H19Cl2F3N8O2S. The third-order valence-corrected chi connectivity index (χ3v) is 6.78. The predicted molar refractivity (Wildman–Crippen MR) is 150 cm³/mol. The van der Waals surface area contributed by atoms with E-state index in [-0.39, 0.29) is 32.5 Å². The van der Waals surface area contributed by atoms with Crippen LogP contribution in [0, 0.1) is 11.8 Å². The molecule has 0 unspecified atom stereocenters. The molecule has 0 aliphatic rings. The Morgan fingerprint density at radius 3 is 2.48 bits per heavy atom. The lowest BCUT2D eigenvalue weighted by molar-refractivity contribution is -0.137. The molecule has 0 aliphatic carbocycles. The van der Waals surface area contributed by atoms with E-state index in [2.05, 4.69) is 48.0 Å². The van der Waals surface area contributed by atoms with Crippen molar-refractivity contribution in [3.05, 3.63) is 81.9 Å². The Morgan fingerprint density at radius 2 is 1.79 bits per heavy atom. The normalized spacial score (nSPS) is 11.4. The number of nitrogens with zero attached hydrogens (tertiary/aromatic N) is 6. The quantitative estimate of drug-likeness (QED) is 0.213. The van der Waals surface area contributed by atoms with E-state index in [9.17, 15) is 22.8 Å². The van der Waals surface area contributed by atoms with Crippen LogP contribution in [0.4, 0.5) is 18.9 Å². The predicted octanol–water partition coefficient (Wildman–Crippen LogP) is 5.07. The molecular weight excluding hydrogens is 616 g/mol. The number of benzene rings is 2. The Hall–Kier alpha value is -4.19. The molecule has 0 saturated heterocycles. The van der Waals surface area contributed by atoms with Crippen LogP contribution in [0.5, 0.6) is 0 Å². The van der Waals surface area contributed by atoms with E-state index in [1.165, 1.54) is 12.4 Å². The molecule has 42 heavy (non-hydrogen) atoms. The molecule has 0 saturated carbocycles. The van der Waals surface area contributed by atoms with E-state index in [1.807, 2.05) is 0 Å². The fourth-order valence-electron chi connectivity index (χ4n) is 3.30. The summed E-state index contributed by atoms with van der Waals surface area (Å²) in [6.45, 7) is 3.43. The average Bonchev–Trinajstić information content (AvgIpc) is 3.40. The molecule has 0 radical (unpaired) electrons. The number of amides is 2. The zero-order valence-corrected chi connectivity index (χ0v) is 24.0. The number of halogens is 5.